The van der Waals surface area contributed by atoms with Crippen LogP contribution in [0.5, 0.6) is 0 Å². The molecule has 0 N–H and O–H groups in total. The van der Waals surface area contributed by atoms with E-state index in [9.17, 15) is 0 Å². The summed E-state index contributed by atoms with van der Waals surface area (Å²) in [6.07, 6.45) is 7.32. The molecule has 0 aliphatic heterocycles. The zero-order valence-electron chi connectivity index (χ0n) is 27.2. The van der Waals surface area contributed by atoms with Crippen molar-refractivity contribution in [2.45, 2.75) is 19.8 Å². The molecule has 44 heavy (non-hydrogen) atoms. The minimum atomic E-state index is 0.308. The fourth-order valence-corrected chi connectivity index (χ4v) is 3.02. The third-order valence-corrected chi connectivity index (χ3v) is 5.29. The lowest BCUT2D eigenvalue weighted by Gasteiger charge is -2.09. The van der Waals surface area contributed by atoms with Crippen molar-refractivity contribution in [1.82, 2.24) is 0 Å². The van der Waals surface area contributed by atoms with Gasteiger partial charge in [0.15, 0.2) is 0 Å². The van der Waals surface area contributed by atoms with Gasteiger partial charge in [0.2, 0.25) is 0 Å². The maximum atomic E-state index is 5.48. The van der Waals surface area contributed by atoms with Crippen LogP contribution < -0.4 is 0 Å². The molecule has 262 valence electrons. The topological polar surface area (TPSA) is 120 Å². The van der Waals surface area contributed by atoms with Crippen molar-refractivity contribution in [1.29, 1.82) is 0 Å². The average molecular weight is 641 g/mol. The molecule has 13 nitrogen and oxygen atoms in total. The van der Waals surface area contributed by atoms with Gasteiger partial charge in [0.1, 0.15) is 6.61 Å². The molecule has 0 rings (SSSR count). The molecule has 0 spiro atoms. The van der Waals surface area contributed by atoms with E-state index in [0.29, 0.717) is 165 Å². The van der Waals surface area contributed by atoms with Crippen LogP contribution in [0.1, 0.15) is 19.8 Å². The number of rotatable bonds is 40. The van der Waals surface area contributed by atoms with Crippen LogP contribution >= 0.6 is 0 Å². The first-order valence-corrected chi connectivity index (χ1v) is 15.9. The molecule has 0 saturated carbocycles. The maximum absolute atomic E-state index is 5.48. The summed E-state index contributed by atoms with van der Waals surface area (Å²) in [6, 6.07) is 0. The number of hydrogen-bond donors (Lipinski definition) is 0. The van der Waals surface area contributed by atoms with E-state index in [1.165, 1.54) is 0 Å². The van der Waals surface area contributed by atoms with Crippen LogP contribution in [0.2, 0.25) is 0 Å². The Kier molecular flexibility index (Phi) is 41.1. The van der Waals surface area contributed by atoms with E-state index in [2.05, 4.69) is 12.8 Å². The van der Waals surface area contributed by atoms with Gasteiger partial charge < -0.3 is 61.6 Å². The monoisotopic (exact) mass is 640 g/mol. The zero-order chi connectivity index (χ0) is 31.7. The van der Waals surface area contributed by atoms with Gasteiger partial charge in [0.05, 0.1) is 159 Å². The van der Waals surface area contributed by atoms with E-state index in [-0.39, 0.29) is 0 Å². The van der Waals surface area contributed by atoms with Gasteiger partial charge in [-0.05, 0) is 6.42 Å². The molecule has 0 aromatic rings. The van der Waals surface area contributed by atoms with Crippen molar-refractivity contribution in [3.8, 4) is 12.3 Å². The number of unbranched alkanes of at least 4 members (excludes halogenated alkanes) is 1. The molecule has 0 saturated heterocycles. The molecular weight excluding hydrogens is 580 g/mol. The summed E-state index contributed by atoms with van der Waals surface area (Å²) >= 11 is 0. The summed E-state index contributed by atoms with van der Waals surface area (Å²) in [5.41, 5.74) is 0. The molecule has 0 heterocycles. The summed E-state index contributed by atoms with van der Waals surface area (Å²) in [5, 5.41) is 0. The molecule has 0 aliphatic rings. The van der Waals surface area contributed by atoms with E-state index < -0.39 is 0 Å². The van der Waals surface area contributed by atoms with Crippen LogP contribution in [0.25, 0.3) is 0 Å². The van der Waals surface area contributed by atoms with Crippen LogP contribution in [0.3, 0.4) is 0 Å². The Bertz CT molecular complexity index is 551. The van der Waals surface area contributed by atoms with Crippen LogP contribution in [0, 0.1) is 12.3 Å². The molecule has 0 fully saturated rings. The smallest absolute Gasteiger partial charge is 0.107 e. The molecule has 13 heteroatoms. The number of hydrogen-bond acceptors (Lipinski definition) is 13. The van der Waals surface area contributed by atoms with Crippen molar-refractivity contribution in [2.75, 3.05) is 172 Å². The second-order valence-electron chi connectivity index (χ2n) is 8.96. The molecule has 0 aromatic heterocycles. The Morgan fingerprint density at radius 2 is 0.477 bits per heavy atom. The maximum Gasteiger partial charge on any atom is 0.107 e. The van der Waals surface area contributed by atoms with Gasteiger partial charge in [0, 0.05) is 6.61 Å². The third kappa shape index (κ3) is 41.0. The first kappa shape index (κ1) is 43.0. The fourth-order valence-electron chi connectivity index (χ4n) is 3.02. The molecule has 0 atom stereocenters. The normalized spacial score (nSPS) is 11.4. The second kappa shape index (κ2) is 42.0. The minimum absolute atomic E-state index is 0.308. The Morgan fingerprint density at radius 3 is 0.659 bits per heavy atom. The van der Waals surface area contributed by atoms with Crippen molar-refractivity contribution in [3.05, 3.63) is 0 Å². The molecule has 0 unspecified atom stereocenters. The molecule has 0 radical (unpaired) electrons. The summed E-state index contributed by atoms with van der Waals surface area (Å²) in [7, 11) is 0. The highest BCUT2D eigenvalue weighted by molar-refractivity contribution is 4.82. The summed E-state index contributed by atoms with van der Waals surface area (Å²) in [4.78, 5) is 0. The summed E-state index contributed by atoms with van der Waals surface area (Å²) in [6.45, 7) is 15.9. The largest absolute Gasteiger partial charge is 0.379 e. The highest BCUT2D eigenvalue weighted by Crippen LogP contribution is 1.89. The first-order chi connectivity index (χ1) is 21.9. The number of terminal acetylenes is 1. The Hall–Kier alpha value is -0.960. The van der Waals surface area contributed by atoms with Crippen LogP contribution in [-0.4, -0.2) is 172 Å². The van der Waals surface area contributed by atoms with Gasteiger partial charge in [-0.2, -0.15) is 0 Å². The standard InChI is InChI=1S/C31H60O13/c1-3-5-7-33-9-11-35-13-15-37-17-19-39-21-23-41-25-27-43-29-31-44-30-28-42-26-24-40-22-20-38-18-16-36-14-12-34-10-8-32-6-4-2/h2H,3,5-31H2,1H3. The first-order valence-electron chi connectivity index (χ1n) is 15.9. The van der Waals surface area contributed by atoms with Crippen molar-refractivity contribution < 1.29 is 61.6 Å². The van der Waals surface area contributed by atoms with Crippen LogP contribution in [0.4, 0.5) is 0 Å². The predicted molar refractivity (Wildman–Crippen MR) is 164 cm³/mol. The van der Waals surface area contributed by atoms with Crippen molar-refractivity contribution in [3.63, 3.8) is 0 Å². The highest BCUT2D eigenvalue weighted by Gasteiger charge is 1.97. The average Bonchev–Trinajstić information content (AvgIpc) is 3.04. The third-order valence-electron chi connectivity index (χ3n) is 5.29. The lowest BCUT2D eigenvalue weighted by atomic mass is 10.4. The van der Waals surface area contributed by atoms with Gasteiger partial charge in [-0.3, -0.25) is 0 Å². The summed E-state index contributed by atoms with van der Waals surface area (Å²) in [5.74, 6) is 2.40. The molecule has 0 bridgehead atoms. The predicted octanol–water partition coefficient (Wildman–Crippen LogP) is 1.64. The van der Waals surface area contributed by atoms with Crippen molar-refractivity contribution >= 4 is 0 Å². The Morgan fingerprint density at radius 1 is 0.295 bits per heavy atom. The Balaban J connectivity index is 3.03. The van der Waals surface area contributed by atoms with E-state index in [1.807, 2.05) is 0 Å². The summed E-state index contributed by atoms with van der Waals surface area (Å²) < 4.78 is 70.4. The van der Waals surface area contributed by atoms with Crippen LogP contribution in [-0.2, 0) is 61.6 Å². The molecular formula is C31H60O13. The molecule has 0 aliphatic carbocycles. The Labute approximate surface area is 265 Å². The van der Waals surface area contributed by atoms with E-state index >= 15 is 0 Å². The van der Waals surface area contributed by atoms with Gasteiger partial charge in [-0.1, -0.05) is 19.3 Å². The van der Waals surface area contributed by atoms with Crippen LogP contribution in [0.15, 0.2) is 0 Å². The molecule has 0 aromatic carbocycles. The van der Waals surface area contributed by atoms with E-state index in [1.54, 1.807) is 0 Å². The quantitative estimate of drug-likeness (QED) is 0.0714. The number of ether oxygens (including phenoxy) is 13. The zero-order valence-corrected chi connectivity index (χ0v) is 27.2. The minimum Gasteiger partial charge on any atom is -0.379 e. The van der Waals surface area contributed by atoms with E-state index in [0.717, 1.165) is 19.4 Å². The lowest BCUT2D eigenvalue weighted by Crippen LogP contribution is -2.15. The second-order valence-corrected chi connectivity index (χ2v) is 8.96. The van der Waals surface area contributed by atoms with Gasteiger partial charge >= 0.3 is 0 Å². The SMILES string of the molecule is C#CCOCCOCCOCCOCCOCCOCCOCCOCCOCCOCCOCCOCCOCCCC. The van der Waals surface area contributed by atoms with Crippen molar-refractivity contribution in [2.24, 2.45) is 0 Å². The van der Waals surface area contributed by atoms with Gasteiger partial charge in [-0.25, -0.2) is 0 Å². The lowest BCUT2D eigenvalue weighted by molar-refractivity contribution is -0.0288. The molecule has 0 amide bonds. The highest BCUT2D eigenvalue weighted by atomic mass is 16.6. The van der Waals surface area contributed by atoms with Gasteiger partial charge in [-0.15, -0.1) is 6.42 Å². The van der Waals surface area contributed by atoms with E-state index in [4.69, 9.17) is 68.0 Å². The fraction of sp³-hybridized carbons (Fsp3) is 0.935. The van der Waals surface area contributed by atoms with Gasteiger partial charge in [0.25, 0.3) is 0 Å².